The topological polar surface area (TPSA) is 326 Å². The maximum atomic E-state index is 5.78. The summed E-state index contributed by atoms with van der Waals surface area (Å²) in [6.45, 7) is 5.11. The van der Waals surface area contributed by atoms with E-state index < -0.39 is 0 Å². The zero-order chi connectivity index (χ0) is 39.9. The molecule has 0 spiro atoms. The molecule has 318 valence electrons. The van der Waals surface area contributed by atoms with Crippen LogP contribution >= 0.6 is 0 Å². The number of fused-ring (bicyclic) bond motifs is 3. The quantitative estimate of drug-likeness (QED) is 0.0920. The molecular weight excluding hydrogens is 769 g/mol. The van der Waals surface area contributed by atoms with E-state index in [2.05, 4.69) is 64.3 Å². The largest absolute Gasteiger partial charge is 0.379 e. The van der Waals surface area contributed by atoms with Crippen LogP contribution in [0.5, 0.6) is 0 Å². The molecule has 0 aliphatic carbocycles. The van der Waals surface area contributed by atoms with E-state index in [9.17, 15) is 0 Å². The number of para-hydroxylation sites is 6. The number of nitrogen functional groups attached to an aromatic ring is 3. The first-order chi connectivity index (χ1) is 27.8. The van der Waals surface area contributed by atoms with Gasteiger partial charge in [-0.3, -0.25) is 0 Å². The summed E-state index contributed by atoms with van der Waals surface area (Å²) >= 11 is 0. The number of anilines is 3. The summed E-state index contributed by atoms with van der Waals surface area (Å²) in [7, 11) is 0. The van der Waals surface area contributed by atoms with Crippen molar-refractivity contribution in [1.82, 2.24) is 59.6 Å². The summed E-state index contributed by atoms with van der Waals surface area (Å²) < 4.78 is 20.0. The van der Waals surface area contributed by atoms with Gasteiger partial charge < -0.3 is 48.1 Å². The molecule has 0 fully saturated rings. The zero-order valence-electron chi connectivity index (χ0n) is 31.0. The molecule has 3 aromatic carbocycles. The predicted molar refractivity (Wildman–Crippen MR) is 234 cm³/mol. The maximum absolute atomic E-state index is 5.78. The predicted octanol–water partition coefficient (Wildman–Crippen LogP) is 5.13. The molecule has 0 radical (unpaired) electrons. The lowest BCUT2D eigenvalue weighted by Crippen LogP contribution is -2.17. The van der Waals surface area contributed by atoms with Crippen LogP contribution in [0.15, 0.2) is 86.7 Å². The van der Waals surface area contributed by atoms with Gasteiger partial charge in [-0.2, -0.15) is 0 Å². The summed E-state index contributed by atoms with van der Waals surface area (Å²) in [4.78, 5) is 13.6. The molecule has 6 aromatic heterocycles. The first-order valence-corrected chi connectivity index (χ1v) is 18.1. The van der Waals surface area contributed by atoms with Crippen LogP contribution in [0, 0.1) is 0 Å². The second-order valence-corrected chi connectivity index (χ2v) is 12.8. The van der Waals surface area contributed by atoms with Crippen LogP contribution < -0.4 is 34.4 Å². The van der Waals surface area contributed by atoms with Gasteiger partial charge in [0.15, 0.2) is 52.0 Å². The third-order valence-electron chi connectivity index (χ3n) is 9.05. The highest BCUT2D eigenvalue weighted by Crippen LogP contribution is 2.30. The smallest absolute Gasteiger partial charge is 0.199 e. The summed E-state index contributed by atoms with van der Waals surface area (Å²) in [5.74, 6) is 2.63. The first kappa shape index (κ1) is 45.5. The van der Waals surface area contributed by atoms with Gasteiger partial charge in [-0.15, -0.1) is 0 Å². The molecule has 0 bridgehead atoms. The lowest BCUT2D eigenvalue weighted by Gasteiger charge is -2.14. The molecule has 1 unspecified atom stereocenters. The molecule has 21 heteroatoms. The normalized spacial score (nSPS) is 11.2. The van der Waals surface area contributed by atoms with Crippen molar-refractivity contribution in [2.24, 2.45) is 17.2 Å². The number of aromatic nitrogens is 12. The Morgan fingerprint density at radius 3 is 1.32 bits per heavy atom. The maximum Gasteiger partial charge on any atom is 0.199 e. The van der Waals surface area contributed by atoms with Crippen molar-refractivity contribution in [1.29, 1.82) is 0 Å². The molecule has 12 N–H and O–H groups in total. The molecule has 0 saturated heterocycles. The van der Waals surface area contributed by atoms with E-state index in [-0.39, 0.29) is 45.8 Å². The van der Waals surface area contributed by atoms with Gasteiger partial charge in [0.25, 0.3) is 0 Å². The molecule has 9 aromatic rings. The lowest BCUT2D eigenvalue weighted by molar-refractivity contribution is 0.310. The van der Waals surface area contributed by atoms with E-state index in [0.717, 1.165) is 52.5 Å². The Morgan fingerprint density at radius 1 is 0.500 bits per heavy atom. The molecule has 0 saturated carbocycles. The molecule has 0 aliphatic rings. The second-order valence-electron chi connectivity index (χ2n) is 12.8. The number of hydrogen-bond donors (Lipinski definition) is 6. The van der Waals surface area contributed by atoms with Gasteiger partial charge in [-0.05, 0) is 93.6 Å². The molecule has 60 heavy (non-hydrogen) atoms. The van der Waals surface area contributed by atoms with Crippen LogP contribution in [0.25, 0.3) is 67.7 Å². The number of rotatable bonds is 11. The van der Waals surface area contributed by atoms with Crippen LogP contribution in [0.3, 0.4) is 0 Å². The van der Waals surface area contributed by atoms with Crippen LogP contribution in [0.4, 0.5) is 17.5 Å². The van der Waals surface area contributed by atoms with E-state index in [1.54, 1.807) is 0 Å². The van der Waals surface area contributed by atoms with Crippen molar-refractivity contribution in [3.63, 3.8) is 0 Å². The van der Waals surface area contributed by atoms with Gasteiger partial charge in [-0.25, -0.2) is 28.8 Å². The zero-order valence-corrected chi connectivity index (χ0v) is 31.0. The molecular formula is C39H54N18O3. The molecule has 1 atom stereocenters. The SMILES string of the molecule is C.C.C.CC(CN)n1c(-c2nonc2N)nc2ccccc21.NCCCCn1c(-c2nonc2N)nc2ccccc21.NCCn1c(-c2nonc2N)nc2ccccc21. The van der Waals surface area contributed by atoms with Crippen LogP contribution in [0.2, 0.25) is 0 Å². The van der Waals surface area contributed by atoms with Crippen molar-refractivity contribution >= 4 is 50.6 Å². The highest BCUT2D eigenvalue weighted by molar-refractivity contribution is 5.83. The van der Waals surface area contributed by atoms with Gasteiger partial charge in [0.2, 0.25) is 0 Å². The monoisotopic (exact) mass is 822 g/mol. The van der Waals surface area contributed by atoms with Crippen molar-refractivity contribution in [2.75, 3.05) is 36.8 Å². The van der Waals surface area contributed by atoms with Gasteiger partial charge in [-0.1, -0.05) is 58.7 Å². The van der Waals surface area contributed by atoms with Crippen LogP contribution in [0.1, 0.15) is 48.1 Å². The summed E-state index contributed by atoms with van der Waals surface area (Å²) in [5.41, 5.74) is 41.2. The van der Waals surface area contributed by atoms with Crippen molar-refractivity contribution in [2.45, 2.75) is 61.2 Å². The van der Waals surface area contributed by atoms with Gasteiger partial charge >= 0.3 is 0 Å². The highest BCUT2D eigenvalue weighted by Gasteiger charge is 2.22. The van der Waals surface area contributed by atoms with Gasteiger partial charge in [0, 0.05) is 32.2 Å². The van der Waals surface area contributed by atoms with Crippen LogP contribution in [-0.2, 0) is 13.1 Å². The summed E-state index contributed by atoms with van der Waals surface area (Å²) in [6.07, 6.45) is 1.92. The van der Waals surface area contributed by atoms with Gasteiger partial charge in [0.05, 0.1) is 33.1 Å². The Morgan fingerprint density at radius 2 is 0.900 bits per heavy atom. The Kier molecular flexibility index (Phi) is 15.5. The van der Waals surface area contributed by atoms with Crippen LogP contribution in [-0.4, -0.2) is 79.2 Å². The molecule has 0 aliphatic heterocycles. The number of nitrogens with two attached hydrogens (primary N) is 6. The van der Waals surface area contributed by atoms with E-state index in [4.69, 9.17) is 34.4 Å². The molecule has 21 nitrogen and oxygen atoms in total. The van der Waals surface area contributed by atoms with Crippen molar-refractivity contribution < 1.29 is 13.9 Å². The number of nitrogens with zero attached hydrogens (tertiary/aromatic N) is 12. The number of imidazole rings is 3. The van der Waals surface area contributed by atoms with Crippen molar-refractivity contribution in [3.05, 3.63) is 72.8 Å². The fourth-order valence-electron chi connectivity index (χ4n) is 6.32. The standard InChI is InChI=1S/C13H16N6O.C12H14N6O.C11H12N6O.3CH4/c14-7-3-4-8-19-10-6-2-1-5-9(10)16-13(19)11-12(15)18-20-17-11;1-7(6-13)18-9-5-3-2-4-8(9)15-12(18)10-11(14)17-19-16-10;12-5-6-17-8-4-2-1-3-7(8)14-11(17)9-10(13)16-18-15-9;;;/h1-2,5-6H,3-4,7-8,14H2,(H2,15,18);2-5,7H,6,13H2,1H3,(H2,14,17);1-4H,5-6,12H2,(H2,13,16);3*1H4. The molecule has 9 rings (SSSR count). The third-order valence-corrected chi connectivity index (χ3v) is 9.05. The average Bonchev–Trinajstić information content (AvgIpc) is 4.10. The van der Waals surface area contributed by atoms with Gasteiger partial charge in [0.1, 0.15) is 0 Å². The number of unbranched alkanes of at least 4 members (excludes halogenated alkanes) is 1. The Hall–Kier alpha value is -7.23. The fraction of sp³-hybridized carbons (Fsp3) is 0.308. The average molecular weight is 823 g/mol. The Bertz CT molecular complexity index is 2700. The molecule has 0 amide bonds. The number of benzene rings is 3. The Labute approximate surface area is 346 Å². The first-order valence-electron chi connectivity index (χ1n) is 18.1. The summed E-state index contributed by atoms with van der Waals surface area (Å²) in [5, 5.41) is 22.3. The summed E-state index contributed by atoms with van der Waals surface area (Å²) in [6, 6.07) is 23.6. The number of aryl methyl sites for hydroxylation is 1. The minimum Gasteiger partial charge on any atom is -0.379 e. The number of hydrogen-bond acceptors (Lipinski definition) is 18. The lowest BCUT2D eigenvalue weighted by atomic mass is 10.2. The third kappa shape index (κ3) is 9.07. The highest BCUT2D eigenvalue weighted by atomic mass is 16.6. The van der Waals surface area contributed by atoms with E-state index in [1.165, 1.54) is 0 Å². The van der Waals surface area contributed by atoms with Crippen molar-refractivity contribution in [3.8, 4) is 34.6 Å². The van der Waals surface area contributed by atoms with E-state index >= 15 is 0 Å². The minimum absolute atomic E-state index is 0. The minimum atomic E-state index is 0. The second kappa shape index (κ2) is 20.5. The molecule has 6 heterocycles. The van der Waals surface area contributed by atoms with E-state index in [0.29, 0.717) is 60.7 Å². The van der Waals surface area contributed by atoms with E-state index in [1.807, 2.05) is 88.9 Å². The fourth-order valence-corrected chi connectivity index (χ4v) is 6.32. The Balaban J connectivity index is 0.000000194.